The van der Waals surface area contributed by atoms with Crippen molar-refractivity contribution in [2.45, 2.75) is 33.2 Å². The third-order valence-electron chi connectivity index (χ3n) is 3.66. The zero-order valence-electron chi connectivity index (χ0n) is 13.9. The lowest BCUT2D eigenvalue weighted by atomic mass is 10.2. The highest BCUT2D eigenvalue weighted by atomic mass is 32.1. The highest BCUT2D eigenvalue weighted by molar-refractivity contribution is 7.13. The number of hydrogen-bond acceptors (Lipinski definition) is 7. The molecule has 1 N–H and O–H groups in total. The van der Waals surface area contributed by atoms with E-state index < -0.39 is 0 Å². The largest absolute Gasteiger partial charge is 0.339 e. The molecule has 1 amide bonds. The van der Waals surface area contributed by atoms with E-state index in [9.17, 15) is 9.59 Å². The molecule has 0 aliphatic rings. The molecular formula is C16H17N5O3S. The van der Waals surface area contributed by atoms with Crippen LogP contribution in [0.5, 0.6) is 0 Å². The van der Waals surface area contributed by atoms with Crippen molar-refractivity contribution in [1.82, 2.24) is 19.7 Å². The van der Waals surface area contributed by atoms with Gasteiger partial charge in [0.1, 0.15) is 0 Å². The summed E-state index contributed by atoms with van der Waals surface area (Å²) in [6.07, 6.45) is 2.10. The van der Waals surface area contributed by atoms with Crippen molar-refractivity contribution in [2.75, 3.05) is 5.32 Å². The van der Waals surface area contributed by atoms with Crippen molar-refractivity contribution < 1.29 is 9.32 Å². The molecule has 0 saturated heterocycles. The lowest BCUT2D eigenvalue weighted by molar-refractivity contribution is -0.116. The van der Waals surface area contributed by atoms with Gasteiger partial charge < -0.3 is 14.4 Å². The highest BCUT2D eigenvalue weighted by Gasteiger charge is 2.15. The van der Waals surface area contributed by atoms with Crippen LogP contribution < -0.4 is 10.9 Å². The Bertz CT molecular complexity index is 930. The van der Waals surface area contributed by atoms with Crippen LogP contribution >= 0.6 is 11.3 Å². The molecule has 0 aromatic carbocycles. The third-order valence-corrected chi connectivity index (χ3v) is 4.35. The smallest absolute Gasteiger partial charge is 0.261 e. The molecule has 3 aromatic heterocycles. The first-order chi connectivity index (χ1) is 12.1. The van der Waals surface area contributed by atoms with E-state index in [2.05, 4.69) is 20.4 Å². The maximum Gasteiger partial charge on any atom is 0.261 e. The quantitative estimate of drug-likeness (QED) is 0.724. The van der Waals surface area contributed by atoms with Crippen LogP contribution in [0, 0.1) is 6.92 Å². The zero-order valence-corrected chi connectivity index (χ0v) is 14.7. The number of anilines is 1. The van der Waals surface area contributed by atoms with Crippen molar-refractivity contribution in [3.8, 4) is 11.4 Å². The summed E-state index contributed by atoms with van der Waals surface area (Å²) in [6.45, 7) is 4.35. The molecule has 0 aliphatic heterocycles. The molecule has 0 bridgehead atoms. The number of amides is 1. The molecule has 9 heteroatoms. The van der Waals surface area contributed by atoms with Crippen molar-refractivity contribution in [3.63, 3.8) is 0 Å². The summed E-state index contributed by atoms with van der Waals surface area (Å²) in [4.78, 5) is 32.5. The topological polar surface area (TPSA) is 103 Å². The van der Waals surface area contributed by atoms with Crippen molar-refractivity contribution in [1.29, 1.82) is 0 Å². The van der Waals surface area contributed by atoms with E-state index in [0.717, 1.165) is 5.69 Å². The molecule has 3 rings (SSSR count). The summed E-state index contributed by atoms with van der Waals surface area (Å²) in [7, 11) is 0. The number of carbonyl (C=O) groups excluding carboxylic acids is 1. The fourth-order valence-corrected chi connectivity index (χ4v) is 2.93. The van der Waals surface area contributed by atoms with E-state index in [-0.39, 0.29) is 30.1 Å². The molecule has 0 radical (unpaired) electrons. The van der Waals surface area contributed by atoms with Crippen molar-refractivity contribution in [3.05, 3.63) is 45.6 Å². The van der Waals surface area contributed by atoms with Gasteiger partial charge in [-0.15, -0.1) is 11.3 Å². The van der Waals surface area contributed by atoms with Gasteiger partial charge in [0.25, 0.3) is 5.56 Å². The van der Waals surface area contributed by atoms with Crippen LogP contribution in [0.25, 0.3) is 11.4 Å². The molecule has 0 fully saturated rings. The number of pyridine rings is 1. The van der Waals surface area contributed by atoms with E-state index in [4.69, 9.17) is 4.52 Å². The predicted molar refractivity (Wildman–Crippen MR) is 93.5 cm³/mol. The van der Waals surface area contributed by atoms with Gasteiger partial charge in [0.2, 0.25) is 17.6 Å². The number of carbonyl (C=O) groups is 1. The van der Waals surface area contributed by atoms with Crippen LogP contribution in [0.1, 0.15) is 24.9 Å². The second-order valence-electron chi connectivity index (χ2n) is 5.33. The van der Waals surface area contributed by atoms with Crippen LogP contribution in [0.15, 0.2) is 33.0 Å². The van der Waals surface area contributed by atoms with Crippen LogP contribution in [0.2, 0.25) is 0 Å². The molecule has 3 aromatic rings. The highest BCUT2D eigenvalue weighted by Crippen LogP contribution is 2.14. The fraction of sp³-hybridized carbons (Fsp3) is 0.312. The summed E-state index contributed by atoms with van der Waals surface area (Å²) in [5.41, 5.74) is 1.10. The Hall–Kier alpha value is -2.81. The van der Waals surface area contributed by atoms with Crippen molar-refractivity contribution in [2.24, 2.45) is 0 Å². The Kier molecular flexibility index (Phi) is 5.03. The normalized spacial score (nSPS) is 10.8. The number of nitrogens with zero attached hydrogens (tertiary/aromatic N) is 4. The Morgan fingerprint density at radius 2 is 2.24 bits per heavy atom. The molecule has 130 valence electrons. The van der Waals surface area contributed by atoms with Gasteiger partial charge in [-0.2, -0.15) is 4.98 Å². The summed E-state index contributed by atoms with van der Waals surface area (Å²) in [5, 5.41) is 8.89. The molecule has 0 saturated carbocycles. The lowest BCUT2D eigenvalue weighted by Crippen LogP contribution is -2.23. The van der Waals surface area contributed by atoms with Gasteiger partial charge >= 0.3 is 0 Å². The van der Waals surface area contributed by atoms with Gasteiger partial charge in [-0.1, -0.05) is 5.16 Å². The third kappa shape index (κ3) is 3.82. The van der Waals surface area contributed by atoms with E-state index >= 15 is 0 Å². The van der Waals surface area contributed by atoms with Crippen LogP contribution in [-0.4, -0.2) is 25.6 Å². The maximum atomic E-state index is 12.4. The summed E-state index contributed by atoms with van der Waals surface area (Å²) in [5.74, 6) is 0.369. The number of rotatable bonds is 6. The first kappa shape index (κ1) is 17.0. The second-order valence-corrected chi connectivity index (χ2v) is 6.23. The van der Waals surface area contributed by atoms with Crippen LogP contribution in [-0.2, 0) is 17.8 Å². The van der Waals surface area contributed by atoms with E-state index in [1.54, 1.807) is 22.2 Å². The monoisotopic (exact) mass is 359 g/mol. The summed E-state index contributed by atoms with van der Waals surface area (Å²) >= 11 is 1.35. The van der Waals surface area contributed by atoms with E-state index in [1.807, 2.05) is 19.9 Å². The summed E-state index contributed by atoms with van der Waals surface area (Å²) < 4.78 is 6.81. The average molecular weight is 359 g/mol. The number of hydrogen-bond donors (Lipinski definition) is 1. The minimum absolute atomic E-state index is 0.156. The minimum atomic E-state index is -0.182. The Morgan fingerprint density at radius 1 is 1.40 bits per heavy atom. The number of thiazole rings is 1. The molecular weight excluding hydrogens is 342 g/mol. The second kappa shape index (κ2) is 7.39. The number of nitrogens with one attached hydrogen (secondary N) is 1. The molecule has 0 unspecified atom stereocenters. The molecule has 3 heterocycles. The molecule has 0 atom stereocenters. The molecule has 8 nitrogen and oxygen atoms in total. The summed E-state index contributed by atoms with van der Waals surface area (Å²) in [6, 6.07) is 3.53. The Labute approximate surface area is 147 Å². The van der Waals surface area contributed by atoms with E-state index in [1.165, 1.54) is 11.3 Å². The minimum Gasteiger partial charge on any atom is -0.339 e. The SMILES string of the molecule is CCn1c(C)ccc(-c2noc(CCC(=O)Nc3nccs3)n2)c1=O. The van der Waals surface area contributed by atoms with Gasteiger partial charge in [0, 0.05) is 36.7 Å². The van der Waals surface area contributed by atoms with Gasteiger partial charge in [0.15, 0.2) is 5.13 Å². The Morgan fingerprint density at radius 3 is 2.96 bits per heavy atom. The standard InChI is InChI=1S/C16H17N5O3S/c1-3-21-10(2)4-5-11(15(21)23)14-19-13(24-20-14)7-6-12(22)18-16-17-8-9-25-16/h4-5,8-9H,3,6-7H2,1-2H3,(H,17,18,22). The zero-order chi connectivity index (χ0) is 17.8. The first-order valence-electron chi connectivity index (χ1n) is 7.81. The maximum absolute atomic E-state index is 12.4. The fourth-order valence-electron chi connectivity index (χ4n) is 2.39. The van der Waals surface area contributed by atoms with Crippen LogP contribution in [0.3, 0.4) is 0 Å². The van der Waals surface area contributed by atoms with Gasteiger partial charge in [-0.3, -0.25) is 9.59 Å². The van der Waals surface area contributed by atoms with Gasteiger partial charge in [-0.25, -0.2) is 4.98 Å². The van der Waals surface area contributed by atoms with Crippen molar-refractivity contribution >= 4 is 22.4 Å². The van der Waals surface area contributed by atoms with Gasteiger partial charge in [0.05, 0.1) is 5.56 Å². The molecule has 25 heavy (non-hydrogen) atoms. The predicted octanol–water partition coefficient (Wildman–Crippen LogP) is 2.25. The average Bonchev–Trinajstić information content (AvgIpc) is 3.25. The number of aromatic nitrogens is 4. The molecule has 0 spiro atoms. The van der Waals surface area contributed by atoms with Crippen LogP contribution in [0.4, 0.5) is 5.13 Å². The molecule has 0 aliphatic carbocycles. The first-order valence-corrected chi connectivity index (χ1v) is 8.69. The lowest BCUT2D eigenvalue weighted by Gasteiger charge is -2.07. The number of aryl methyl sites for hydroxylation is 2. The Balaban J connectivity index is 1.69. The van der Waals surface area contributed by atoms with Gasteiger partial charge in [-0.05, 0) is 26.0 Å². The van der Waals surface area contributed by atoms with E-state index in [0.29, 0.717) is 23.1 Å².